The number of carboxylic acids is 2. The highest BCUT2D eigenvalue weighted by molar-refractivity contribution is 5.95. The average molecular weight is 1860 g/mol. The molecule has 0 radical (unpaired) electrons. The first-order chi connectivity index (χ1) is 60.3. The quantitative estimate of drug-likeness (QED) is 0.0269. The molecule has 4 rings (SSSR count). The van der Waals surface area contributed by atoms with E-state index in [1.165, 1.54) is 0 Å². The fourth-order valence-electron chi connectivity index (χ4n) is 13.7. The molecule has 16 amide bonds. The van der Waals surface area contributed by atoms with Crippen molar-refractivity contribution in [3.63, 3.8) is 0 Å². The first-order valence-corrected chi connectivity index (χ1v) is 41.0. The van der Waals surface area contributed by atoms with E-state index < -0.39 is 354 Å². The van der Waals surface area contributed by atoms with Gasteiger partial charge in [-0.1, -0.05) is 0 Å². The van der Waals surface area contributed by atoms with Gasteiger partial charge in [-0.05, 0) is 92.9 Å². The summed E-state index contributed by atoms with van der Waals surface area (Å²) in [4.78, 5) is 233. The van der Waals surface area contributed by atoms with E-state index in [-0.39, 0.29) is 38.5 Å². The minimum Gasteiger partial charge on any atom is -0.480 e. The van der Waals surface area contributed by atoms with Crippen molar-refractivity contribution in [2.45, 2.75) is 329 Å². The highest BCUT2D eigenvalue weighted by atomic mass is 16.8. The molecule has 4 aliphatic heterocycles. The van der Waals surface area contributed by atoms with Crippen molar-refractivity contribution < 1.29 is 180 Å². The molecule has 129 heavy (non-hydrogen) atoms. The van der Waals surface area contributed by atoms with Crippen molar-refractivity contribution in [1.29, 1.82) is 0 Å². The molecule has 0 spiro atoms. The van der Waals surface area contributed by atoms with Crippen molar-refractivity contribution in [3.8, 4) is 0 Å². The average Bonchev–Trinajstić information content (AvgIpc) is 0.785. The lowest BCUT2D eigenvalue weighted by atomic mass is 9.92. The molecule has 4 saturated heterocycles. The summed E-state index contributed by atoms with van der Waals surface area (Å²) in [7, 11) is 0. The third-order valence-corrected chi connectivity index (χ3v) is 20.9. The Morgan fingerprint density at radius 2 is 0.651 bits per heavy atom. The summed E-state index contributed by atoms with van der Waals surface area (Å²) in [6, 6.07) is -22.1. The number of carbonyl (C=O) groups is 18. The van der Waals surface area contributed by atoms with E-state index >= 15 is 0 Å². The number of rotatable bonds is 52. The predicted octanol–water partition coefficient (Wildman–Crippen LogP) is -15.7. The van der Waals surface area contributed by atoms with Crippen molar-refractivity contribution in [1.82, 2.24) is 63.8 Å². The molecule has 32 atom stereocenters. The molecule has 0 bridgehead atoms. The molecule has 32 unspecified atom stereocenters. The minimum absolute atomic E-state index is 0.0196. The maximum absolute atomic E-state index is 14.4. The predicted molar refractivity (Wildman–Crippen MR) is 429 cm³/mol. The maximum Gasteiger partial charge on any atom is 0.325 e. The van der Waals surface area contributed by atoms with Crippen molar-refractivity contribution in [2.75, 3.05) is 26.4 Å². The molecule has 4 fully saturated rings. The summed E-state index contributed by atoms with van der Waals surface area (Å²) < 4.78 is 55.8. The lowest BCUT2D eigenvalue weighted by Crippen LogP contribution is -2.72. The van der Waals surface area contributed by atoms with Gasteiger partial charge in [0.05, 0.1) is 38.5 Å². The first-order valence-electron chi connectivity index (χ1n) is 41.0. The van der Waals surface area contributed by atoms with Gasteiger partial charge in [-0.15, -0.1) is 0 Å². The van der Waals surface area contributed by atoms with Crippen LogP contribution >= 0.6 is 0 Å². The number of ether oxygens (including phenoxy) is 9. The van der Waals surface area contributed by atoms with E-state index in [0.717, 1.165) is 69.2 Å². The topological polar surface area (TPSA) is 893 Å². The van der Waals surface area contributed by atoms with Gasteiger partial charge in [-0.25, -0.2) is 0 Å². The van der Waals surface area contributed by atoms with Crippen LogP contribution in [0, 0.1) is 0 Å². The number of primary amides is 4. The van der Waals surface area contributed by atoms with Gasteiger partial charge in [-0.2, -0.15) is 0 Å². The number of carbonyl (C=O) groups excluding carboxylic acids is 16. The SMILES string of the molecule is CC(=O)NC1C(OC2C(CO)OC(OC3C(CO)OC(OC4C(CO)OC(O)C(NC(C)=O)C4OC(C)C(=O)NC(C)C(=O)NC(CCC(=O)NC(CCCC(N)C(N)=O)C(=O)NC(C)C(=O)O)C(N)=O)C(NC(C)=O)C3O)C(NC(C)=O)C2OC(C)C(=O)NC(C)C(=O)NC(CCC(=O)NC(CCCC(N)C(N)=O)C(=O)NC(C)C(=O)O)C(N)=O)OC(CO)C(O)C1O. The molecule has 4 heterocycles. The molecule has 0 aliphatic carbocycles. The van der Waals surface area contributed by atoms with Gasteiger partial charge in [0, 0.05) is 40.5 Å². The normalized spacial score (nSPS) is 28.4. The standard InChI is InChI=1S/C74H124N18O37/c1-25(63(110)91-37(61(79)108)17-19-45(101)89-39(15-11-13-35(75)59(77)106)67(114)83-27(3)69(116)117)81-65(112)29(5)121-57-49(87-33(9)99)71(120)123-43(23-95)55(57)128-73-48(86-32(8)98)53(105)54(42(22-94)125-73)127-74-50(88-34(10)100)58(56(44(24-96)126-74)129-72-47(85-31(7)97)52(104)51(103)41(21-93)124-72)122-30(6)66(113)82-26(2)64(111)92-38(62(80)109)18-20-46(102)90-40(16-12-14-36(76)60(78)107)68(115)84-28(4)70(118)119/h25-30,35-44,47-58,71-74,93-96,103-105,120H,11-24,75-76H2,1-10H3,(H2,77,106)(H2,78,107)(H2,79,108)(H2,80,109)(H,81,112)(H,82,113)(H,83,114)(H,84,115)(H,85,97)(H,86,98)(H,87,99)(H,88,100)(H,89,101)(H,90,102)(H,91,110)(H,92,111)(H,116,117)(H,118,119). The number of aliphatic carboxylic acids is 2. The van der Waals surface area contributed by atoms with Crippen LogP contribution in [0.25, 0.3) is 0 Å². The van der Waals surface area contributed by atoms with Gasteiger partial charge in [0.25, 0.3) is 0 Å². The summed E-state index contributed by atoms with van der Waals surface area (Å²) >= 11 is 0. The van der Waals surface area contributed by atoms with Gasteiger partial charge in [-0.3, -0.25) is 86.3 Å². The fourth-order valence-corrected chi connectivity index (χ4v) is 13.7. The van der Waals surface area contributed by atoms with Crippen LogP contribution in [-0.2, 0) is 129 Å². The summed E-state index contributed by atoms with van der Waals surface area (Å²) in [5.74, 6) is -19.0. The molecular weight excluding hydrogens is 1730 g/mol. The summed E-state index contributed by atoms with van der Waals surface area (Å²) in [5.41, 5.74) is 33.1. The number of hydrogen-bond donors (Lipinski definition) is 28. The van der Waals surface area contributed by atoms with Crippen LogP contribution in [0.4, 0.5) is 0 Å². The molecular formula is C74H124N18O37. The van der Waals surface area contributed by atoms with Crippen molar-refractivity contribution >= 4 is 106 Å². The Morgan fingerprint density at radius 1 is 0.333 bits per heavy atom. The number of nitrogens with two attached hydrogens (primary N) is 6. The van der Waals surface area contributed by atoms with Gasteiger partial charge in [0.1, 0.15) is 158 Å². The van der Waals surface area contributed by atoms with Crippen LogP contribution < -0.4 is 98.2 Å². The molecule has 0 aromatic rings. The van der Waals surface area contributed by atoms with Crippen LogP contribution in [-0.4, -0.2) is 379 Å². The Morgan fingerprint density at radius 3 is 1.01 bits per heavy atom. The monoisotopic (exact) mass is 1860 g/mol. The Labute approximate surface area is 737 Å². The molecule has 0 saturated carbocycles. The van der Waals surface area contributed by atoms with Crippen LogP contribution in [0.1, 0.15) is 133 Å². The summed E-state index contributed by atoms with van der Waals surface area (Å²) in [5, 5.41) is 137. The molecule has 34 N–H and O–H groups in total. The fraction of sp³-hybridized carbons (Fsp3) is 0.757. The second-order valence-electron chi connectivity index (χ2n) is 31.3. The maximum atomic E-state index is 14.4. The molecule has 55 heteroatoms. The summed E-state index contributed by atoms with van der Waals surface area (Å²) in [6.45, 7) is 5.98. The van der Waals surface area contributed by atoms with Crippen molar-refractivity contribution in [3.05, 3.63) is 0 Å². The number of carboxylic acid groups (broad SMARTS) is 2. The molecule has 732 valence electrons. The Hall–Kier alpha value is -10.3. The van der Waals surface area contributed by atoms with E-state index in [9.17, 15) is 137 Å². The third kappa shape index (κ3) is 33.9. The van der Waals surface area contributed by atoms with Crippen LogP contribution in [0.2, 0.25) is 0 Å². The lowest BCUT2D eigenvalue weighted by Gasteiger charge is -2.52. The molecule has 0 aromatic heterocycles. The zero-order chi connectivity index (χ0) is 97.6. The smallest absolute Gasteiger partial charge is 0.325 e. The number of nitrogens with one attached hydrogen (secondary N) is 12. The number of hydrogen-bond acceptors (Lipinski definition) is 37. The number of aliphatic hydroxyl groups excluding tert-OH is 8. The highest BCUT2D eigenvalue weighted by Crippen LogP contribution is 2.37. The van der Waals surface area contributed by atoms with Gasteiger partial charge in [0.2, 0.25) is 94.5 Å². The van der Waals surface area contributed by atoms with Crippen LogP contribution in [0.15, 0.2) is 0 Å². The van der Waals surface area contributed by atoms with Gasteiger partial charge in [0.15, 0.2) is 25.2 Å². The second kappa shape index (κ2) is 52.5. The number of amides is 16. The van der Waals surface area contributed by atoms with E-state index in [0.29, 0.717) is 0 Å². The van der Waals surface area contributed by atoms with Gasteiger partial charge >= 0.3 is 11.9 Å². The van der Waals surface area contributed by atoms with Crippen LogP contribution in [0.3, 0.4) is 0 Å². The highest BCUT2D eigenvalue weighted by Gasteiger charge is 2.58. The van der Waals surface area contributed by atoms with Crippen LogP contribution in [0.5, 0.6) is 0 Å². The van der Waals surface area contributed by atoms with E-state index in [4.69, 9.17) is 77.0 Å². The Bertz CT molecular complexity index is 3880. The number of aliphatic hydroxyl groups is 8. The Kier molecular flexibility index (Phi) is 45.2. The third-order valence-electron chi connectivity index (χ3n) is 20.9. The van der Waals surface area contributed by atoms with E-state index in [1.54, 1.807) is 0 Å². The minimum atomic E-state index is -2.28. The molecule has 4 aliphatic rings. The molecule has 0 aromatic carbocycles. The summed E-state index contributed by atoms with van der Waals surface area (Å²) in [6.07, 6.45) is -38.5. The largest absolute Gasteiger partial charge is 0.480 e. The first kappa shape index (κ1) is 111. The van der Waals surface area contributed by atoms with Crippen molar-refractivity contribution in [2.24, 2.45) is 34.4 Å². The van der Waals surface area contributed by atoms with Gasteiger partial charge < -0.3 is 192 Å². The van der Waals surface area contributed by atoms with E-state index in [2.05, 4.69) is 63.8 Å². The second-order valence-corrected chi connectivity index (χ2v) is 31.3. The zero-order valence-corrected chi connectivity index (χ0v) is 72.3. The Balaban J connectivity index is 1.69. The van der Waals surface area contributed by atoms with E-state index in [1.807, 2.05) is 0 Å². The lowest BCUT2D eigenvalue weighted by molar-refractivity contribution is -0.365. The molecule has 55 nitrogen and oxygen atoms in total. The zero-order valence-electron chi connectivity index (χ0n) is 72.3.